The summed E-state index contributed by atoms with van der Waals surface area (Å²) in [6.45, 7) is 4.88. The second-order valence-corrected chi connectivity index (χ2v) is 9.24. The van der Waals surface area contributed by atoms with E-state index in [4.69, 9.17) is 4.74 Å². The van der Waals surface area contributed by atoms with E-state index in [2.05, 4.69) is 77.2 Å². The Morgan fingerprint density at radius 1 is 1.19 bits per heavy atom. The van der Waals surface area contributed by atoms with Crippen molar-refractivity contribution in [3.8, 4) is 5.75 Å². The van der Waals surface area contributed by atoms with Gasteiger partial charge in [-0.15, -0.1) is 0 Å². The molecule has 0 unspecified atom stereocenters. The second-order valence-electron chi connectivity index (χ2n) is 5.30. The van der Waals surface area contributed by atoms with Crippen LogP contribution in [0, 0.1) is 3.57 Å². The van der Waals surface area contributed by atoms with Crippen molar-refractivity contribution >= 4 is 51.5 Å². The summed E-state index contributed by atoms with van der Waals surface area (Å²) in [6.07, 6.45) is 0.828. The first-order valence-electron chi connectivity index (χ1n) is 6.55. The van der Waals surface area contributed by atoms with Gasteiger partial charge in [0.25, 0.3) is 0 Å². The summed E-state index contributed by atoms with van der Waals surface area (Å²) in [5.74, 6) is 0.716. The van der Waals surface area contributed by atoms with Gasteiger partial charge in [0.05, 0.1) is 0 Å². The number of aldehydes is 1. The Labute approximate surface area is 152 Å². The number of halogens is 2. The highest BCUT2D eigenvalue weighted by molar-refractivity contribution is 14.1. The summed E-state index contributed by atoms with van der Waals surface area (Å²) in [5, 5.41) is 0. The van der Waals surface area contributed by atoms with Crippen LogP contribution in [0.3, 0.4) is 0 Å². The molecule has 21 heavy (non-hydrogen) atoms. The van der Waals surface area contributed by atoms with Gasteiger partial charge in [-0.2, -0.15) is 0 Å². The minimum Gasteiger partial charge on any atom is -0.489 e. The van der Waals surface area contributed by atoms with Crippen molar-refractivity contribution in [2.75, 3.05) is 0 Å². The maximum absolute atomic E-state index is 10.8. The van der Waals surface area contributed by atoms with Gasteiger partial charge >= 0.3 is 0 Å². The van der Waals surface area contributed by atoms with E-state index in [1.165, 1.54) is 9.13 Å². The molecule has 0 aromatic heterocycles. The molecule has 2 rings (SSSR count). The van der Waals surface area contributed by atoms with Crippen LogP contribution in [0.15, 0.2) is 42.5 Å². The molecule has 0 amide bonds. The monoisotopic (exact) mass is 506 g/mol. The molecular weight excluding hydrogens is 490 g/mol. The zero-order valence-electron chi connectivity index (χ0n) is 11.9. The Morgan fingerprint density at radius 2 is 1.95 bits per heavy atom. The number of hydrogen-bond donors (Lipinski definition) is 0. The summed E-state index contributed by atoms with van der Waals surface area (Å²) in [5.41, 5.74) is 3.05. The quantitative estimate of drug-likeness (QED) is 0.311. The highest BCUT2D eigenvalue weighted by Gasteiger charge is 2.17. The van der Waals surface area contributed by atoms with E-state index in [1.807, 2.05) is 12.1 Å². The lowest BCUT2D eigenvalue weighted by molar-refractivity contribution is 0.112. The van der Waals surface area contributed by atoms with Gasteiger partial charge in [0.2, 0.25) is 0 Å². The fraction of sp³-hybridized carbons (Fsp3) is 0.235. The number of rotatable bonds is 5. The van der Waals surface area contributed by atoms with Gasteiger partial charge in [-0.3, -0.25) is 4.79 Å². The molecule has 0 N–H and O–H groups in total. The van der Waals surface area contributed by atoms with Crippen LogP contribution in [0.1, 0.15) is 35.3 Å². The van der Waals surface area contributed by atoms with Gasteiger partial charge in [-0.05, 0) is 71.8 Å². The first-order chi connectivity index (χ1) is 9.88. The molecule has 0 saturated carbocycles. The molecule has 110 valence electrons. The highest BCUT2D eigenvalue weighted by Crippen LogP contribution is 2.32. The zero-order valence-corrected chi connectivity index (χ0v) is 16.2. The predicted molar refractivity (Wildman–Crippen MR) is 102 cm³/mol. The van der Waals surface area contributed by atoms with Gasteiger partial charge in [-0.1, -0.05) is 40.8 Å². The van der Waals surface area contributed by atoms with Crippen molar-refractivity contribution in [2.24, 2.45) is 0 Å². The number of carbonyl (C=O) groups is 1. The molecule has 0 spiro atoms. The van der Waals surface area contributed by atoms with E-state index in [0.717, 1.165) is 11.8 Å². The van der Waals surface area contributed by atoms with Gasteiger partial charge in [0.15, 0.2) is 0 Å². The summed E-state index contributed by atoms with van der Waals surface area (Å²) >= 11 is 4.77. The van der Waals surface area contributed by atoms with Crippen molar-refractivity contribution in [1.29, 1.82) is 0 Å². The van der Waals surface area contributed by atoms with Crippen LogP contribution in [0.4, 0.5) is 0 Å². The first kappa shape index (κ1) is 16.7. The van der Waals surface area contributed by atoms with Crippen LogP contribution in [0.5, 0.6) is 5.75 Å². The standard InChI is InChI=1S/C17H16I2O2/c1-17(2,19)14-6-13(7-15(18)9-14)11-21-16-5-3-4-12(8-16)10-20/h3-10H,11H2,1-2H3. The summed E-state index contributed by atoms with van der Waals surface area (Å²) in [4.78, 5) is 10.8. The molecule has 2 nitrogen and oxygen atoms in total. The fourth-order valence-corrected chi connectivity index (χ4v) is 2.97. The number of alkyl halides is 1. The van der Waals surface area contributed by atoms with Crippen LogP contribution in [0.25, 0.3) is 0 Å². The molecular formula is C17H16I2O2. The molecule has 0 aliphatic rings. The van der Waals surface area contributed by atoms with E-state index in [1.54, 1.807) is 12.1 Å². The molecule has 0 aliphatic heterocycles. The van der Waals surface area contributed by atoms with Gasteiger partial charge in [-0.25, -0.2) is 0 Å². The summed E-state index contributed by atoms with van der Waals surface area (Å²) < 4.78 is 7.08. The third-order valence-electron chi connectivity index (χ3n) is 3.04. The van der Waals surface area contributed by atoms with Gasteiger partial charge in [0.1, 0.15) is 18.6 Å². The van der Waals surface area contributed by atoms with Gasteiger partial charge < -0.3 is 4.74 Å². The maximum atomic E-state index is 10.8. The van der Waals surface area contributed by atoms with Crippen molar-refractivity contribution < 1.29 is 9.53 Å². The van der Waals surface area contributed by atoms with Crippen LogP contribution < -0.4 is 4.74 Å². The summed E-state index contributed by atoms with van der Waals surface area (Å²) in [6, 6.07) is 13.7. The molecule has 2 aromatic carbocycles. The van der Waals surface area contributed by atoms with E-state index in [9.17, 15) is 4.79 Å². The Morgan fingerprint density at radius 3 is 2.62 bits per heavy atom. The Balaban J connectivity index is 2.16. The van der Waals surface area contributed by atoms with E-state index >= 15 is 0 Å². The largest absolute Gasteiger partial charge is 0.489 e. The number of hydrogen-bond acceptors (Lipinski definition) is 2. The third-order valence-corrected chi connectivity index (χ3v) is 4.29. The molecule has 0 bridgehead atoms. The van der Waals surface area contributed by atoms with Crippen molar-refractivity contribution in [1.82, 2.24) is 0 Å². The molecule has 2 aromatic rings. The van der Waals surface area contributed by atoms with Gasteiger partial charge in [0, 0.05) is 12.6 Å². The Kier molecular flexibility index (Phi) is 5.65. The molecule has 0 fully saturated rings. The first-order valence-corrected chi connectivity index (χ1v) is 8.71. The SMILES string of the molecule is CC(C)(I)c1cc(I)cc(COc2cccc(C=O)c2)c1. The lowest BCUT2D eigenvalue weighted by Gasteiger charge is -2.18. The van der Waals surface area contributed by atoms with Crippen LogP contribution in [0.2, 0.25) is 0 Å². The minimum absolute atomic E-state index is 0.0884. The average molecular weight is 506 g/mol. The molecule has 0 heterocycles. The summed E-state index contributed by atoms with van der Waals surface area (Å²) in [7, 11) is 0. The normalized spacial score (nSPS) is 11.2. The molecule has 0 aliphatic carbocycles. The van der Waals surface area contributed by atoms with E-state index < -0.39 is 0 Å². The van der Waals surface area contributed by atoms with Crippen molar-refractivity contribution in [3.05, 3.63) is 62.7 Å². The van der Waals surface area contributed by atoms with Crippen molar-refractivity contribution in [3.63, 3.8) is 0 Å². The topological polar surface area (TPSA) is 26.3 Å². The molecule has 0 saturated heterocycles. The van der Waals surface area contributed by atoms with Crippen LogP contribution in [-0.2, 0) is 10.0 Å². The van der Waals surface area contributed by atoms with Crippen molar-refractivity contribution in [2.45, 2.75) is 23.9 Å². The fourth-order valence-electron chi connectivity index (χ4n) is 1.92. The average Bonchev–Trinajstić information content (AvgIpc) is 2.44. The lowest BCUT2D eigenvalue weighted by Crippen LogP contribution is -2.08. The Bertz CT molecular complexity index is 645. The van der Waals surface area contributed by atoms with Crippen LogP contribution >= 0.6 is 45.2 Å². The second kappa shape index (κ2) is 7.09. The molecule has 0 atom stereocenters. The maximum Gasteiger partial charge on any atom is 0.150 e. The number of carbonyl (C=O) groups excluding carboxylic acids is 1. The Hall–Kier alpha value is -0.630. The highest BCUT2D eigenvalue weighted by atomic mass is 127. The minimum atomic E-state index is 0.0884. The van der Waals surface area contributed by atoms with Crippen LogP contribution in [-0.4, -0.2) is 6.29 Å². The predicted octanol–water partition coefficient (Wildman–Crippen LogP) is 5.35. The number of benzene rings is 2. The smallest absolute Gasteiger partial charge is 0.150 e. The van der Waals surface area contributed by atoms with E-state index in [-0.39, 0.29) is 3.42 Å². The molecule has 4 heteroatoms. The van der Waals surface area contributed by atoms with E-state index in [0.29, 0.717) is 17.9 Å². The third kappa shape index (κ3) is 4.95. The lowest BCUT2D eigenvalue weighted by atomic mass is 10.0. The number of ether oxygens (including phenoxy) is 1. The molecule has 0 radical (unpaired) electrons. The zero-order chi connectivity index (χ0) is 15.5.